The maximum absolute atomic E-state index is 13.7. The average Bonchev–Trinajstić information content (AvgIpc) is 3.81. The van der Waals surface area contributed by atoms with E-state index in [1.165, 1.54) is 23.1 Å². The summed E-state index contributed by atoms with van der Waals surface area (Å²) < 4.78 is 1.26. The van der Waals surface area contributed by atoms with Crippen LogP contribution in [0.25, 0.3) is 16.6 Å². The molecule has 0 aliphatic heterocycles. The third kappa shape index (κ3) is 9.26. The Morgan fingerprint density at radius 3 is 2.33 bits per heavy atom. The molecule has 5 amide bonds. The SMILES string of the molecule is CC[C@H](C)[C@@H](CO)NC(=O)Nc1ccc(C[C@H](NC(=O)C(=O)Nc2cc(Cl)ccc2-n2cnnn2)C(=O)Nc2ccc3[nH]c(C(=O)O)cc3c2)cc1. The van der Waals surface area contributed by atoms with Gasteiger partial charge in [0.15, 0.2) is 0 Å². The monoisotopic (exact) mass is 730 g/mol. The summed E-state index contributed by atoms with van der Waals surface area (Å²) >= 11 is 6.14. The van der Waals surface area contributed by atoms with Gasteiger partial charge in [0.25, 0.3) is 0 Å². The van der Waals surface area contributed by atoms with Crippen molar-refractivity contribution < 1.29 is 34.2 Å². The zero-order chi connectivity index (χ0) is 37.4. The number of fused-ring (bicyclic) bond motifs is 1. The van der Waals surface area contributed by atoms with E-state index >= 15 is 0 Å². The van der Waals surface area contributed by atoms with Crippen molar-refractivity contribution >= 4 is 69.3 Å². The Morgan fingerprint density at radius 2 is 1.65 bits per heavy atom. The highest BCUT2D eigenvalue weighted by Gasteiger charge is 2.26. The topological polar surface area (TPSA) is 245 Å². The Morgan fingerprint density at radius 1 is 0.904 bits per heavy atom. The summed E-state index contributed by atoms with van der Waals surface area (Å²) in [6, 6.07) is 14.9. The lowest BCUT2D eigenvalue weighted by Crippen LogP contribution is -2.49. The first kappa shape index (κ1) is 36.9. The fourth-order valence-corrected chi connectivity index (χ4v) is 5.37. The summed E-state index contributed by atoms with van der Waals surface area (Å²) in [4.78, 5) is 66.8. The van der Waals surface area contributed by atoms with E-state index < -0.39 is 41.8 Å². The van der Waals surface area contributed by atoms with Crippen molar-refractivity contribution in [1.82, 2.24) is 35.8 Å². The lowest BCUT2D eigenvalue weighted by Gasteiger charge is -2.22. The van der Waals surface area contributed by atoms with E-state index in [4.69, 9.17) is 11.6 Å². The maximum atomic E-state index is 13.7. The van der Waals surface area contributed by atoms with Crippen LogP contribution in [0, 0.1) is 5.92 Å². The fourth-order valence-electron chi connectivity index (χ4n) is 5.19. The fraction of sp³-hybridized carbons (Fsp3) is 0.235. The highest BCUT2D eigenvalue weighted by Crippen LogP contribution is 2.24. The molecular weight excluding hydrogens is 696 g/mol. The second-order valence-electron chi connectivity index (χ2n) is 11.8. The Bertz CT molecular complexity index is 2090. The second-order valence-corrected chi connectivity index (χ2v) is 12.3. The van der Waals surface area contributed by atoms with Gasteiger partial charge in [-0.3, -0.25) is 14.4 Å². The van der Waals surface area contributed by atoms with Crippen LogP contribution in [0.3, 0.4) is 0 Å². The molecule has 2 aromatic heterocycles. The molecule has 3 aromatic carbocycles. The maximum Gasteiger partial charge on any atom is 0.352 e. The Kier molecular flexibility index (Phi) is 11.8. The van der Waals surface area contributed by atoms with Gasteiger partial charge in [0.2, 0.25) is 5.91 Å². The minimum atomic E-state index is -1.28. The Balaban J connectivity index is 1.33. The van der Waals surface area contributed by atoms with E-state index in [-0.39, 0.29) is 35.3 Å². The number of urea groups is 1. The van der Waals surface area contributed by atoms with Gasteiger partial charge in [-0.15, -0.1) is 5.10 Å². The summed E-state index contributed by atoms with van der Waals surface area (Å²) in [5.41, 5.74) is 2.28. The van der Waals surface area contributed by atoms with Crippen LogP contribution in [0.5, 0.6) is 0 Å². The largest absolute Gasteiger partial charge is 0.477 e. The summed E-state index contributed by atoms with van der Waals surface area (Å²) in [6.45, 7) is 3.67. The molecule has 0 aliphatic carbocycles. The van der Waals surface area contributed by atoms with Crippen LogP contribution in [-0.4, -0.2) is 83.8 Å². The normalized spacial score (nSPS) is 12.7. The molecule has 0 spiro atoms. The van der Waals surface area contributed by atoms with Crippen molar-refractivity contribution in [3.63, 3.8) is 0 Å². The molecule has 0 saturated carbocycles. The molecule has 18 heteroatoms. The van der Waals surface area contributed by atoms with Gasteiger partial charge in [0.1, 0.15) is 18.1 Å². The number of nitrogens with zero attached hydrogens (tertiary/aromatic N) is 4. The first-order chi connectivity index (χ1) is 24.9. The van der Waals surface area contributed by atoms with Crippen molar-refractivity contribution in [2.24, 2.45) is 5.92 Å². The summed E-state index contributed by atoms with van der Waals surface area (Å²) in [6.07, 6.45) is 1.99. The smallest absolute Gasteiger partial charge is 0.352 e. The number of carbonyl (C=O) groups is 5. The van der Waals surface area contributed by atoms with Gasteiger partial charge < -0.3 is 41.8 Å². The Labute approximate surface area is 301 Å². The lowest BCUT2D eigenvalue weighted by molar-refractivity contribution is -0.137. The number of carbonyl (C=O) groups excluding carboxylic acids is 4. The number of hydrogen-bond acceptors (Lipinski definition) is 9. The molecule has 0 aliphatic rings. The number of aromatic nitrogens is 5. The number of rotatable bonds is 13. The third-order valence-corrected chi connectivity index (χ3v) is 8.48. The number of nitrogens with one attached hydrogen (secondary N) is 6. The predicted octanol–water partition coefficient (Wildman–Crippen LogP) is 3.33. The van der Waals surface area contributed by atoms with Gasteiger partial charge in [-0.05, 0) is 76.5 Å². The number of aliphatic hydroxyl groups is 1. The first-order valence-corrected chi connectivity index (χ1v) is 16.4. The van der Waals surface area contributed by atoms with Crippen molar-refractivity contribution in [3.8, 4) is 5.69 Å². The molecule has 17 nitrogen and oxygen atoms in total. The molecule has 52 heavy (non-hydrogen) atoms. The third-order valence-electron chi connectivity index (χ3n) is 8.25. The van der Waals surface area contributed by atoms with Crippen LogP contribution < -0.4 is 26.6 Å². The lowest BCUT2D eigenvalue weighted by atomic mass is 10.0. The zero-order valence-electron chi connectivity index (χ0n) is 27.9. The van der Waals surface area contributed by atoms with E-state index in [2.05, 4.69) is 47.1 Å². The van der Waals surface area contributed by atoms with Crippen LogP contribution >= 0.6 is 11.6 Å². The number of aromatic carboxylic acids is 1. The number of anilines is 3. The molecule has 0 bridgehead atoms. The molecule has 5 rings (SSSR count). The van der Waals surface area contributed by atoms with Crippen molar-refractivity contribution in [2.45, 2.75) is 38.8 Å². The number of aliphatic hydroxyl groups excluding tert-OH is 1. The van der Waals surface area contributed by atoms with Gasteiger partial charge in [0.05, 0.1) is 24.0 Å². The highest BCUT2D eigenvalue weighted by atomic mass is 35.5. The Hall–Kier alpha value is -6.33. The quantitative estimate of drug-likeness (QED) is 0.0821. The molecule has 0 saturated heterocycles. The van der Waals surface area contributed by atoms with E-state index in [1.54, 1.807) is 54.6 Å². The summed E-state index contributed by atoms with van der Waals surface area (Å²) in [7, 11) is 0. The van der Waals surface area contributed by atoms with Gasteiger partial charge in [-0.25, -0.2) is 9.59 Å². The molecule has 0 radical (unpaired) electrons. The number of H-pyrrole nitrogens is 1. The number of hydrogen-bond donors (Lipinski definition) is 8. The van der Waals surface area contributed by atoms with Gasteiger partial charge in [-0.1, -0.05) is 44.0 Å². The van der Waals surface area contributed by atoms with E-state index in [0.717, 1.165) is 6.42 Å². The molecule has 2 heterocycles. The summed E-state index contributed by atoms with van der Waals surface area (Å²) in [5.74, 6) is -4.00. The molecule has 270 valence electrons. The molecular formula is C34H35ClN10O7. The number of amides is 5. The van der Waals surface area contributed by atoms with Gasteiger partial charge >= 0.3 is 23.8 Å². The number of halogens is 1. The number of carboxylic acid groups (broad SMARTS) is 1. The standard InChI is InChI=1S/C34H35ClN10O7/c1-3-18(2)28(16-46)42-34(52)38-22-7-4-19(5-8-22)12-26(30(47)37-23-9-10-24-20(13-23)14-27(39-24)33(50)51)41-32(49)31(48)40-25-15-21(35)6-11-29(25)45-17-36-43-44-45/h4-11,13-15,17-18,26,28,39,46H,3,12,16H2,1-2H3,(H,37,47)(H,40,48)(H,41,49)(H,50,51)(H2,38,42,52)/t18-,26-,28+/m0/s1. The minimum Gasteiger partial charge on any atom is -0.477 e. The summed E-state index contributed by atoms with van der Waals surface area (Å²) in [5, 5.41) is 43.9. The molecule has 0 unspecified atom stereocenters. The predicted molar refractivity (Wildman–Crippen MR) is 191 cm³/mol. The van der Waals surface area contributed by atoms with Gasteiger partial charge in [-0.2, -0.15) is 4.68 Å². The van der Waals surface area contributed by atoms with Crippen molar-refractivity contribution in [3.05, 3.63) is 89.3 Å². The minimum absolute atomic E-state index is 0.0308. The average molecular weight is 731 g/mol. The molecule has 3 atom stereocenters. The van der Waals surface area contributed by atoms with Crippen LogP contribution in [0.4, 0.5) is 21.9 Å². The van der Waals surface area contributed by atoms with Crippen LogP contribution in [0.1, 0.15) is 36.3 Å². The van der Waals surface area contributed by atoms with E-state index in [9.17, 15) is 34.2 Å². The number of benzene rings is 3. The number of aromatic amines is 1. The zero-order valence-corrected chi connectivity index (χ0v) is 28.6. The van der Waals surface area contributed by atoms with Crippen molar-refractivity contribution in [2.75, 3.05) is 22.6 Å². The number of carboxylic acids is 1. The van der Waals surface area contributed by atoms with E-state index in [1.807, 2.05) is 13.8 Å². The highest BCUT2D eigenvalue weighted by molar-refractivity contribution is 6.40. The second kappa shape index (κ2) is 16.6. The van der Waals surface area contributed by atoms with Gasteiger partial charge in [0, 0.05) is 33.7 Å². The molecule has 8 N–H and O–H groups in total. The van der Waals surface area contributed by atoms with Crippen LogP contribution in [-0.2, 0) is 20.8 Å². The van der Waals surface area contributed by atoms with E-state index in [0.29, 0.717) is 33.5 Å². The number of tetrazole rings is 1. The van der Waals surface area contributed by atoms with Crippen LogP contribution in [0.15, 0.2) is 73.1 Å². The molecule has 0 fully saturated rings. The van der Waals surface area contributed by atoms with Crippen LogP contribution in [0.2, 0.25) is 5.02 Å². The first-order valence-electron chi connectivity index (χ1n) is 16.0. The molecule has 5 aromatic rings. The van der Waals surface area contributed by atoms with Crippen molar-refractivity contribution in [1.29, 1.82) is 0 Å².